The van der Waals surface area contributed by atoms with E-state index in [0.717, 1.165) is 31.8 Å². The third-order valence-electron chi connectivity index (χ3n) is 2.97. The van der Waals surface area contributed by atoms with Gasteiger partial charge in [0.25, 0.3) is 0 Å². The Bertz CT molecular complexity index is 450. The largest absolute Gasteiger partial charge is 0.344 e. The number of hydrogen-bond acceptors (Lipinski definition) is 2. The SMILES string of the molecule is c1ccc(Cc2nc3c([nH]2)CNCC3)cc1. The maximum atomic E-state index is 4.65. The van der Waals surface area contributed by atoms with Crippen molar-refractivity contribution < 1.29 is 0 Å². The van der Waals surface area contributed by atoms with Gasteiger partial charge < -0.3 is 10.3 Å². The van der Waals surface area contributed by atoms with Crippen LogP contribution in [0.15, 0.2) is 30.3 Å². The zero-order valence-electron chi connectivity index (χ0n) is 9.16. The molecule has 2 N–H and O–H groups in total. The first-order valence-electron chi connectivity index (χ1n) is 5.73. The van der Waals surface area contributed by atoms with Gasteiger partial charge >= 0.3 is 0 Å². The molecule has 0 unspecified atom stereocenters. The van der Waals surface area contributed by atoms with Gasteiger partial charge in [-0.2, -0.15) is 0 Å². The molecule has 0 amide bonds. The van der Waals surface area contributed by atoms with Crippen LogP contribution in [-0.4, -0.2) is 16.5 Å². The summed E-state index contributed by atoms with van der Waals surface area (Å²) in [6, 6.07) is 10.5. The average molecular weight is 213 g/mol. The molecule has 0 aliphatic carbocycles. The molecule has 1 aliphatic rings. The van der Waals surface area contributed by atoms with E-state index in [9.17, 15) is 0 Å². The predicted octanol–water partition coefficient (Wildman–Crippen LogP) is 1.65. The fourth-order valence-corrected chi connectivity index (χ4v) is 2.15. The van der Waals surface area contributed by atoms with Crippen molar-refractivity contribution in [1.29, 1.82) is 0 Å². The number of aromatic nitrogens is 2. The molecule has 1 aromatic heterocycles. The second-order valence-electron chi connectivity index (χ2n) is 4.20. The Hall–Kier alpha value is -1.61. The maximum Gasteiger partial charge on any atom is 0.111 e. The lowest BCUT2D eigenvalue weighted by atomic mass is 10.1. The first kappa shape index (κ1) is 9.60. The highest BCUT2D eigenvalue weighted by molar-refractivity contribution is 5.23. The molecule has 3 heteroatoms. The van der Waals surface area contributed by atoms with Crippen LogP contribution in [0.4, 0.5) is 0 Å². The Balaban J connectivity index is 1.83. The lowest BCUT2D eigenvalue weighted by molar-refractivity contribution is 0.627. The van der Waals surface area contributed by atoms with E-state index in [-0.39, 0.29) is 0 Å². The monoisotopic (exact) mass is 213 g/mol. The van der Waals surface area contributed by atoms with E-state index >= 15 is 0 Å². The highest BCUT2D eigenvalue weighted by Crippen LogP contribution is 2.13. The van der Waals surface area contributed by atoms with Crippen LogP contribution in [0.1, 0.15) is 22.8 Å². The maximum absolute atomic E-state index is 4.65. The number of nitrogens with one attached hydrogen (secondary N) is 2. The Kier molecular flexibility index (Phi) is 2.46. The van der Waals surface area contributed by atoms with Crippen LogP contribution in [0.25, 0.3) is 0 Å². The van der Waals surface area contributed by atoms with Crippen molar-refractivity contribution in [3.63, 3.8) is 0 Å². The standard InChI is InChI=1S/C13H15N3/c1-2-4-10(5-3-1)8-13-15-11-6-7-14-9-12(11)16-13/h1-5,14H,6-9H2,(H,15,16). The summed E-state index contributed by atoms with van der Waals surface area (Å²) < 4.78 is 0. The van der Waals surface area contributed by atoms with Gasteiger partial charge in [-0.3, -0.25) is 0 Å². The van der Waals surface area contributed by atoms with Gasteiger partial charge in [-0.05, 0) is 5.56 Å². The summed E-state index contributed by atoms with van der Waals surface area (Å²) >= 11 is 0. The molecule has 0 spiro atoms. The van der Waals surface area contributed by atoms with E-state index in [2.05, 4.69) is 39.6 Å². The molecule has 16 heavy (non-hydrogen) atoms. The van der Waals surface area contributed by atoms with Gasteiger partial charge in [-0.25, -0.2) is 4.98 Å². The minimum atomic E-state index is 0.897. The Morgan fingerprint density at radius 1 is 1.19 bits per heavy atom. The molecule has 1 aliphatic heterocycles. The molecule has 0 radical (unpaired) electrons. The molecule has 0 saturated heterocycles. The van der Waals surface area contributed by atoms with Gasteiger partial charge in [0.15, 0.2) is 0 Å². The minimum absolute atomic E-state index is 0.897. The molecule has 3 rings (SSSR count). The Morgan fingerprint density at radius 2 is 2.06 bits per heavy atom. The van der Waals surface area contributed by atoms with Crippen LogP contribution in [-0.2, 0) is 19.4 Å². The number of benzene rings is 1. The smallest absolute Gasteiger partial charge is 0.111 e. The zero-order valence-corrected chi connectivity index (χ0v) is 9.16. The van der Waals surface area contributed by atoms with Crippen molar-refractivity contribution >= 4 is 0 Å². The molecule has 1 aromatic carbocycles. The van der Waals surface area contributed by atoms with E-state index in [1.54, 1.807) is 0 Å². The zero-order chi connectivity index (χ0) is 10.8. The second kappa shape index (κ2) is 4.10. The first-order chi connectivity index (χ1) is 7.92. The Morgan fingerprint density at radius 3 is 2.88 bits per heavy atom. The predicted molar refractivity (Wildman–Crippen MR) is 63.2 cm³/mol. The van der Waals surface area contributed by atoms with E-state index < -0.39 is 0 Å². The molecule has 2 aromatic rings. The summed E-state index contributed by atoms with van der Waals surface area (Å²) in [5, 5.41) is 3.35. The lowest BCUT2D eigenvalue weighted by Gasteiger charge is -2.09. The summed E-state index contributed by atoms with van der Waals surface area (Å²) in [6.07, 6.45) is 1.94. The molecule has 2 heterocycles. The summed E-state index contributed by atoms with van der Waals surface area (Å²) in [6.45, 7) is 1.97. The van der Waals surface area contributed by atoms with Crippen molar-refractivity contribution in [2.24, 2.45) is 0 Å². The van der Waals surface area contributed by atoms with Gasteiger partial charge in [0.2, 0.25) is 0 Å². The van der Waals surface area contributed by atoms with Crippen LogP contribution in [0, 0.1) is 0 Å². The normalized spacial score (nSPS) is 14.8. The fraction of sp³-hybridized carbons (Fsp3) is 0.308. The molecular weight excluding hydrogens is 198 g/mol. The fourth-order valence-electron chi connectivity index (χ4n) is 2.15. The number of fused-ring (bicyclic) bond motifs is 1. The van der Waals surface area contributed by atoms with E-state index in [0.29, 0.717) is 0 Å². The van der Waals surface area contributed by atoms with Crippen LogP contribution < -0.4 is 5.32 Å². The third-order valence-corrected chi connectivity index (χ3v) is 2.97. The number of aromatic amines is 1. The van der Waals surface area contributed by atoms with Gasteiger partial charge in [-0.1, -0.05) is 30.3 Å². The van der Waals surface area contributed by atoms with E-state index in [4.69, 9.17) is 0 Å². The summed E-state index contributed by atoms with van der Waals surface area (Å²) in [7, 11) is 0. The third kappa shape index (κ3) is 1.86. The summed E-state index contributed by atoms with van der Waals surface area (Å²) in [5.41, 5.74) is 3.81. The van der Waals surface area contributed by atoms with E-state index in [1.807, 2.05) is 6.07 Å². The molecule has 3 nitrogen and oxygen atoms in total. The second-order valence-corrected chi connectivity index (χ2v) is 4.20. The molecule has 82 valence electrons. The highest BCUT2D eigenvalue weighted by atomic mass is 15.0. The van der Waals surface area contributed by atoms with Crippen molar-refractivity contribution in [3.05, 3.63) is 53.1 Å². The van der Waals surface area contributed by atoms with Crippen molar-refractivity contribution in [1.82, 2.24) is 15.3 Å². The minimum Gasteiger partial charge on any atom is -0.344 e. The molecule has 0 atom stereocenters. The van der Waals surface area contributed by atoms with Crippen LogP contribution in [0.5, 0.6) is 0 Å². The molecule has 0 fully saturated rings. The first-order valence-corrected chi connectivity index (χ1v) is 5.73. The van der Waals surface area contributed by atoms with Crippen LogP contribution in [0.3, 0.4) is 0 Å². The van der Waals surface area contributed by atoms with Gasteiger partial charge in [-0.15, -0.1) is 0 Å². The quantitative estimate of drug-likeness (QED) is 0.796. The molecule has 0 bridgehead atoms. The summed E-state index contributed by atoms with van der Waals surface area (Å²) in [5.74, 6) is 1.08. The van der Waals surface area contributed by atoms with Crippen LogP contribution in [0.2, 0.25) is 0 Å². The van der Waals surface area contributed by atoms with Gasteiger partial charge in [0, 0.05) is 25.9 Å². The van der Waals surface area contributed by atoms with Gasteiger partial charge in [0.1, 0.15) is 5.82 Å². The number of nitrogens with zero attached hydrogens (tertiary/aromatic N) is 1. The number of H-pyrrole nitrogens is 1. The highest BCUT2D eigenvalue weighted by Gasteiger charge is 2.13. The Labute approximate surface area is 94.9 Å². The molecule has 0 saturated carbocycles. The average Bonchev–Trinajstić information content (AvgIpc) is 2.72. The number of rotatable bonds is 2. The van der Waals surface area contributed by atoms with Crippen molar-refractivity contribution in [2.75, 3.05) is 6.54 Å². The molecular formula is C13H15N3. The number of imidazole rings is 1. The van der Waals surface area contributed by atoms with E-state index in [1.165, 1.54) is 17.0 Å². The topological polar surface area (TPSA) is 40.7 Å². The number of hydrogen-bond donors (Lipinski definition) is 2. The summed E-state index contributed by atoms with van der Waals surface area (Å²) in [4.78, 5) is 8.06. The van der Waals surface area contributed by atoms with Crippen LogP contribution >= 0.6 is 0 Å². The van der Waals surface area contributed by atoms with Gasteiger partial charge in [0.05, 0.1) is 11.4 Å². The van der Waals surface area contributed by atoms with Crippen molar-refractivity contribution in [2.45, 2.75) is 19.4 Å². The lowest BCUT2D eigenvalue weighted by Crippen LogP contribution is -2.23. The van der Waals surface area contributed by atoms with Crippen molar-refractivity contribution in [3.8, 4) is 0 Å².